The van der Waals surface area contributed by atoms with E-state index in [1.165, 1.54) is 4.88 Å². The van der Waals surface area contributed by atoms with Crippen molar-refractivity contribution in [2.24, 2.45) is 0 Å². The van der Waals surface area contributed by atoms with E-state index in [1.807, 2.05) is 23.6 Å². The van der Waals surface area contributed by atoms with Crippen LogP contribution in [0.2, 0.25) is 0 Å². The molecule has 0 aromatic carbocycles. The van der Waals surface area contributed by atoms with Crippen molar-refractivity contribution in [2.45, 2.75) is 18.9 Å². The Hall–Kier alpha value is -1.39. The molecule has 0 saturated heterocycles. The van der Waals surface area contributed by atoms with Crippen LogP contribution < -0.4 is 4.74 Å². The lowest BCUT2D eigenvalue weighted by molar-refractivity contribution is 0.162. The van der Waals surface area contributed by atoms with Crippen molar-refractivity contribution in [2.75, 3.05) is 7.11 Å². The summed E-state index contributed by atoms with van der Waals surface area (Å²) in [5, 5.41) is 12.1. The number of ether oxygens (including phenoxy) is 1. The van der Waals surface area contributed by atoms with Gasteiger partial charge in [-0.15, -0.1) is 11.3 Å². The molecule has 2 heterocycles. The van der Waals surface area contributed by atoms with Gasteiger partial charge in [0.25, 0.3) is 0 Å². The summed E-state index contributed by atoms with van der Waals surface area (Å²) < 4.78 is 5.04. The Kier molecular flexibility index (Phi) is 4.12. The van der Waals surface area contributed by atoms with E-state index in [1.54, 1.807) is 24.5 Å². The fraction of sp³-hybridized carbons (Fsp3) is 0.308. The van der Waals surface area contributed by atoms with E-state index < -0.39 is 6.10 Å². The van der Waals surface area contributed by atoms with Gasteiger partial charge in [-0.1, -0.05) is 12.1 Å². The van der Waals surface area contributed by atoms with E-state index in [0.717, 1.165) is 6.42 Å². The van der Waals surface area contributed by atoms with Crippen LogP contribution >= 0.6 is 11.3 Å². The second-order valence-electron chi connectivity index (χ2n) is 3.74. The standard InChI is InChI=1S/C13H15NO2S/c1-16-13-6-2-5-11(14-13)12(15)8-7-10-4-3-9-17-10/h2-6,9,12,15H,7-8H2,1H3. The molecule has 0 radical (unpaired) electrons. The van der Waals surface area contributed by atoms with Crippen molar-refractivity contribution in [3.05, 3.63) is 46.3 Å². The Balaban J connectivity index is 1.96. The van der Waals surface area contributed by atoms with Crippen LogP contribution in [0.3, 0.4) is 0 Å². The summed E-state index contributed by atoms with van der Waals surface area (Å²) >= 11 is 1.71. The summed E-state index contributed by atoms with van der Waals surface area (Å²) in [5.41, 5.74) is 0.668. The van der Waals surface area contributed by atoms with Crippen molar-refractivity contribution in [1.29, 1.82) is 0 Å². The van der Waals surface area contributed by atoms with Crippen LogP contribution in [0.1, 0.15) is 23.1 Å². The highest BCUT2D eigenvalue weighted by atomic mass is 32.1. The molecule has 17 heavy (non-hydrogen) atoms. The van der Waals surface area contributed by atoms with Crippen LogP contribution in [0.15, 0.2) is 35.7 Å². The molecule has 4 heteroatoms. The summed E-state index contributed by atoms with van der Waals surface area (Å²) in [7, 11) is 1.57. The van der Waals surface area contributed by atoms with E-state index in [2.05, 4.69) is 11.1 Å². The lowest BCUT2D eigenvalue weighted by Gasteiger charge is -2.10. The molecule has 2 aromatic rings. The van der Waals surface area contributed by atoms with Crippen LogP contribution in [0, 0.1) is 0 Å². The van der Waals surface area contributed by atoms with Crippen molar-refractivity contribution in [1.82, 2.24) is 4.98 Å². The first-order chi connectivity index (χ1) is 8.29. The molecule has 2 rings (SSSR count). The summed E-state index contributed by atoms with van der Waals surface area (Å²) in [6.07, 6.45) is 1.02. The SMILES string of the molecule is COc1cccc(C(O)CCc2cccs2)n1. The maximum Gasteiger partial charge on any atom is 0.213 e. The van der Waals surface area contributed by atoms with Crippen molar-refractivity contribution in [3.8, 4) is 5.88 Å². The summed E-state index contributed by atoms with van der Waals surface area (Å²) in [5.74, 6) is 0.540. The van der Waals surface area contributed by atoms with Gasteiger partial charge in [0.15, 0.2) is 0 Å². The van der Waals surface area contributed by atoms with Gasteiger partial charge in [-0.05, 0) is 30.4 Å². The molecule has 0 saturated carbocycles. The Bertz CT molecular complexity index is 456. The third-order valence-electron chi connectivity index (χ3n) is 2.54. The second-order valence-corrected chi connectivity index (χ2v) is 4.77. The molecular weight excluding hydrogens is 234 g/mol. The zero-order chi connectivity index (χ0) is 12.1. The van der Waals surface area contributed by atoms with E-state index in [0.29, 0.717) is 18.0 Å². The van der Waals surface area contributed by atoms with Crippen molar-refractivity contribution >= 4 is 11.3 Å². The smallest absolute Gasteiger partial charge is 0.213 e. The number of hydrogen-bond donors (Lipinski definition) is 1. The summed E-state index contributed by atoms with van der Waals surface area (Å²) in [4.78, 5) is 5.51. The second kappa shape index (κ2) is 5.80. The van der Waals surface area contributed by atoms with E-state index >= 15 is 0 Å². The first kappa shape index (κ1) is 12.1. The highest BCUT2D eigenvalue weighted by molar-refractivity contribution is 7.09. The molecule has 0 aliphatic carbocycles. The Morgan fingerprint density at radius 2 is 2.24 bits per heavy atom. The molecule has 3 nitrogen and oxygen atoms in total. The van der Waals surface area contributed by atoms with Crippen LogP contribution in [0.5, 0.6) is 5.88 Å². The van der Waals surface area contributed by atoms with Crippen molar-refractivity contribution < 1.29 is 9.84 Å². The predicted molar refractivity (Wildman–Crippen MR) is 68.4 cm³/mol. The average Bonchev–Trinajstić information content (AvgIpc) is 2.89. The third-order valence-corrected chi connectivity index (χ3v) is 3.48. The van der Waals surface area contributed by atoms with Gasteiger partial charge in [0, 0.05) is 10.9 Å². The van der Waals surface area contributed by atoms with Crippen LogP contribution in [-0.2, 0) is 6.42 Å². The normalized spacial score (nSPS) is 12.4. The Morgan fingerprint density at radius 1 is 1.35 bits per heavy atom. The number of hydrogen-bond acceptors (Lipinski definition) is 4. The van der Waals surface area contributed by atoms with Gasteiger partial charge in [0.1, 0.15) is 0 Å². The quantitative estimate of drug-likeness (QED) is 0.886. The van der Waals surface area contributed by atoms with Crippen LogP contribution in [0.4, 0.5) is 0 Å². The first-order valence-electron chi connectivity index (χ1n) is 5.51. The molecule has 2 aromatic heterocycles. The highest BCUT2D eigenvalue weighted by Crippen LogP contribution is 2.21. The molecule has 0 fully saturated rings. The van der Waals surface area contributed by atoms with Gasteiger partial charge in [0.05, 0.1) is 18.9 Å². The van der Waals surface area contributed by atoms with Crippen LogP contribution in [-0.4, -0.2) is 17.2 Å². The number of pyridine rings is 1. The van der Waals surface area contributed by atoms with E-state index in [9.17, 15) is 5.11 Å². The molecule has 1 unspecified atom stereocenters. The van der Waals surface area contributed by atoms with Gasteiger partial charge in [0.2, 0.25) is 5.88 Å². The van der Waals surface area contributed by atoms with Gasteiger partial charge < -0.3 is 9.84 Å². The molecule has 0 aliphatic heterocycles. The largest absolute Gasteiger partial charge is 0.481 e. The predicted octanol–water partition coefficient (Wildman–Crippen LogP) is 2.82. The molecule has 0 bridgehead atoms. The number of aromatic nitrogens is 1. The zero-order valence-electron chi connectivity index (χ0n) is 9.67. The topological polar surface area (TPSA) is 42.4 Å². The molecule has 1 atom stereocenters. The highest BCUT2D eigenvalue weighted by Gasteiger charge is 2.10. The number of rotatable bonds is 5. The summed E-state index contributed by atoms with van der Waals surface area (Å²) in [6.45, 7) is 0. The number of aliphatic hydroxyl groups excluding tert-OH is 1. The third kappa shape index (κ3) is 3.28. The lowest BCUT2D eigenvalue weighted by Crippen LogP contribution is -2.02. The minimum Gasteiger partial charge on any atom is -0.481 e. The minimum atomic E-state index is -0.535. The molecule has 1 N–H and O–H groups in total. The molecule has 90 valence electrons. The van der Waals surface area contributed by atoms with E-state index in [-0.39, 0.29) is 0 Å². The monoisotopic (exact) mass is 249 g/mol. The van der Waals surface area contributed by atoms with E-state index in [4.69, 9.17) is 4.74 Å². The van der Waals surface area contributed by atoms with Crippen molar-refractivity contribution in [3.63, 3.8) is 0 Å². The number of nitrogens with zero attached hydrogens (tertiary/aromatic N) is 1. The minimum absolute atomic E-state index is 0.535. The number of methoxy groups -OCH3 is 1. The average molecular weight is 249 g/mol. The lowest BCUT2D eigenvalue weighted by atomic mass is 10.1. The maximum atomic E-state index is 10.0. The molecule has 0 amide bonds. The summed E-state index contributed by atoms with van der Waals surface area (Å²) in [6, 6.07) is 9.54. The maximum absolute atomic E-state index is 10.0. The van der Waals surface area contributed by atoms with Gasteiger partial charge in [-0.2, -0.15) is 0 Å². The van der Waals surface area contributed by atoms with Gasteiger partial charge in [-0.25, -0.2) is 4.98 Å². The number of aryl methyl sites for hydroxylation is 1. The van der Waals surface area contributed by atoms with Gasteiger partial charge in [-0.3, -0.25) is 0 Å². The van der Waals surface area contributed by atoms with Gasteiger partial charge >= 0.3 is 0 Å². The molecular formula is C13H15NO2S. The molecule has 0 spiro atoms. The zero-order valence-corrected chi connectivity index (χ0v) is 10.5. The first-order valence-corrected chi connectivity index (χ1v) is 6.39. The fourth-order valence-corrected chi connectivity index (χ4v) is 2.34. The Labute approximate surface area is 105 Å². The fourth-order valence-electron chi connectivity index (χ4n) is 1.61. The number of thiophene rings is 1. The van der Waals surface area contributed by atoms with Crippen LogP contribution in [0.25, 0.3) is 0 Å². The molecule has 0 aliphatic rings. The number of aliphatic hydroxyl groups is 1. The Morgan fingerprint density at radius 3 is 2.94 bits per heavy atom.